The van der Waals surface area contributed by atoms with Crippen LogP contribution < -0.4 is 5.73 Å². The van der Waals surface area contributed by atoms with Crippen molar-refractivity contribution in [3.63, 3.8) is 0 Å². The first-order valence-corrected chi connectivity index (χ1v) is 6.91. The van der Waals surface area contributed by atoms with Crippen molar-refractivity contribution in [2.24, 2.45) is 11.7 Å². The number of hydrogen-bond acceptors (Lipinski definition) is 2. The van der Waals surface area contributed by atoms with Crippen LogP contribution in [0.15, 0.2) is 29.2 Å². The van der Waals surface area contributed by atoms with Crippen molar-refractivity contribution in [3.8, 4) is 0 Å². The third-order valence-corrected chi connectivity index (χ3v) is 3.87. The molecule has 0 radical (unpaired) electrons. The van der Waals surface area contributed by atoms with Gasteiger partial charge in [-0.3, -0.25) is 0 Å². The third kappa shape index (κ3) is 3.25. The van der Waals surface area contributed by atoms with Gasteiger partial charge in [0.15, 0.2) is 0 Å². The second kappa shape index (κ2) is 5.04. The van der Waals surface area contributed by atoms with Gasteiger partial charge in [-0.15, -0.1) is 11.8 Å². The summed E-state index contributed by atoms with van der Waals surface area (Å²) in [5, 5.41) is 0. The number of thioether (sulfide) groups is 1. The van der Waals surface area contributed by atoms with Crippen LogP contribution in [0.3, 0.4) is 0 Å². The molecule has 1 saturated carbocycles. The van der Waals surface area contributed by atoms with Crippen LogP contribution in [-0.4, -0.2) is 6.26 Å². The highest BCUT2D eigenvalue weighted by Crippen LogP contribution is 2.35. The van der Waals surface area contributed by atoms with Crippen LogP contribution in [-0.2, 0) is 0 Å². The quantitative estimate of drug-likeness (QED) is 0.769. The average Bonchev–Trinajstić information content (AvgIpc) is 3.10. The Hall–Kier alpha value is -0.470. The van der Waals surface area contributed by atoms with Gasteiger partial charge in [-0.25, -0.2) is 0 Å². The van der Waals surface area contributed by atoms with Crippen molar-refractivity contribution in [2.75, 3.05) is 6.26 Å². The molecule has 0 spiro atoms. The number of benzene rings is 1. The molecule has 82 valence electrons. The molecule has 1 unspecified atom stereocenters. The molecule has 1 aromatic carbocycles. The first-order valence-electron chi connectivity index (χ1n) is 5.69. The van der Waals surface area contributed by atoms with Crippen molar-refractivity contribution in [1.29, 1.82) is 0 Å². The summed E-state index contributed by atoms with van der Waals surface area (Å²) < 4.78 is 0. The minimum Gasteiger partial charge on any atom is -0.324 e. The topological polar surface area (TPSA) is 26.0 Å². The lowest BCUT2D eigenvalue weighted by Gasteiger charge is -2.11. The van der Waals surface area contributed by atoms with Crippen LogP contribution in [0.1, 0.15) is 37.3 Å². The molecule has 0 aromatic heterocycles. The van der Waals surface area contributed by atoms with Gasteiger partial charge in [-0.1, -0.05) is 25.0 Å². The lowest BCUT2D eigenvalue weighted by atomic mass is 10.0. The van der Waals surface area contributed by atoms with Gasteiger partial charge in [0, 0.05) is 10.9 Å². The van der Waals surface area contributed by atoms with E-state index in [2.05, 4.69) is 30.5 Å². The highest BCUT2D eigenvalue weighted by molar-refractivity contribution is 7.98. The van der Waals surface area contributed by atoms with E-state index in [1.165, 1.54) is 29.7 Å². The maximum Gasteiger partial charge on any atom is 0.0294 e. The Labute approximate surface area is 96.4 Å². The first kappa shape index (κ1) is 11.0. The van der Waals surface area contributed by atoms with E-state index < -0.39 is 0 Å². The van der Waals surface area contributed by atoms with Gasteiger partial charge in [-0.2, -0.15) is 0 Å². The molecule has 0 aliphatic heterocycles. The minimum atomic E-state index is 0.238. The van der Waals surface area contributed by atoms with Crippen LogP contribution in [0.5, 0.6) is 0 Å². The first-order chi connectivity index (χ1) is 7.29. The second-order valence-corrected chi connectivity index (χ2v) is 5.28. The lowest BCUT2D eigenvalue weighted by molar-refractivity contribution is 0.575. The summed E-state index contributed by atoms with van der Waals surface area (Å²) in [6.07, 6.45) is 7.41. The number of nitrogens with two attached hydrogens (primary N) is 1. The zero-order chi connectivity index (χ0) is 10.7. The molecule has 0 heterocycles. The molecule has 0 saturated heterocycles. The number of hydrogen-bond donors (Lipinski definition) is 1. The van der Waals surface area contributed by atoms with Crippen LogP contribution in [0.2, 0.25) is 0 Å². The fourth-order valence-corrected chi connectivity index (χ4v) is 2.25. The van der Waals surface area contributed by atoms with E-state index in [9.17, 15) is 0 Å². The Bertz CT molecular complexity index is 303. The molecule has 2 heteroatoms. The van der Waals surface area contributed by atoms with Gasteiger partial charge in [0.05, 0.1) is 0 Å². The molecular formula is C13H19NS. The Balaban J connectivity index is 1.88. The van der Waals surface area contributed by atoms with Crippen molar-refractivity contribution in [1.82, 2.24) is 0 Å². The minimum absolute atomic E-state index is 0.238. The zero-order valence-electron chi connectivity index (χ0n) is 9.28. The van der Waals surface area contributed by atoms with Gasteiger partial charge in [-0.05, 0) is 42.7 Å². The molecule has 1 aliphatic carbocycles. The molecule has 1 fully saturated rings. The van der Waals surface area contributed by atoms with Crippen molar-refractivity contribution < 1.29 is 0 Å². The van der Waals surface area contributed by atoms with Crippen LogP contribution in [0.25, 0.3) is 0 Å². The number of rotatable bonds is 5. The maximum atomic E-state index is 6.16. The van der Waals surface area contributed by atoms with Gasteiger partial charge in [0.25, 0.3) is 0 Å². The maximum absolute atomic E-state index is 6.16. The third-order valence-electron chi connectivity index (χ3n) is 3.13. The molecule has 15 heavy (non-hydrogen) atoms. The summed E-state index contributed by atoms with van der Waals surface area (Å²) in [6.45, 7) is 0. The fourth-order valence-electron chi connectivity index (χ4n) is 1.84. The van der Waals surface area contributed by atoms with Crippen molar-refractivity contribution >= 4 is 11.8 Å². The Morgan fingerprint density at radius 1 is 1.33 bits per heavy atom. The molecular weight excluding hydrogens is 202 g/mol. The molecule has 1 aromatic rings. The molecule has 0 amide bonds. The highest BCUT2D eigenvalue weighted by Gasteiger charge is 2.21. The Morgan fingerprint density at radius 3 is 2.53 bits per heavy atom. The Kier molecular flexibility index (Phi) is 3.71. The smallest absolute Gasteiger partial charge is 0.0294 e. The largest absolute Gasteiger partial charge is 0.324 e. The lowest BCUT2D eigenvalue weighted by Crippen LogP contribution is -2.10. The summed E-state index contributed by atoms with van der Waals surface area (Å²) >= 11 is 1.78. The van der Waals surface area contributed by atoms with Gasteiger partial charge < -0.3 is 5.73 Å². The summed E-state index contributed by atoms with van der Waals surface area (Å²) in [5.41, 5.74) is 7.44. The summed E-state index contributed by atoms with van der Waals surface area (Å²) in [5.74, 6) is 0.988. The summed E-state index contributed by atoms with van der Waals surface area (Å²) in [7, 11) is 0. The monoisotopic (exact) mass is 221 g/mol. The van der Waals surface area contributed by atoms with Crippen molar-refractivity contribution in [3.05, 3.63) is 29.8 Å². The SMILES string of the molecule is CSc1ccc(C(N)CCC2CC2)cc1. The van der Waals surface area contributed by atoms with E-state index in [-0.39, 0.29) is 6.04 Å². The highest BCUT2D eigenvalue weighted by atomic mass is 32.2. The predicted octanol–water partition coefficient (Wildman–Crippen LogP) is 3.60. The molecule has 2 rings (SSSR count). The molecule has 0 bridgehead atoms. The van der Waals surface area contributed by atoms with Gasteiger partial charge in [0.2, 0.25) is 0 Å². The van der Waals surface area contributed by atoms with E-state index >= 15 is 0 Å². The summed E-state index contributed by atoms with van der Waals surface area (Å²) in [6, 6.07) is 8.90. The summed E-state index contributed by atoms with van der Waals surface area (Å²) in [4.78, 5) is 1.31. The molecule has 1 aliphatic rings. The van der Waals surface area contributed by atoms with E-state index in [1.54, 1.807) is 11.8 Å². The molecule has 1 atom stereocenters. The Morgan fingerprint density at radius 2 is 2.00 bits per heavy atom. The van der Waals surface area contributed by atoms with Gasteiger partial charge in [0.1, 0.15) is 0 Å². The van der Waals surface area contributed by atoms with Gasteiger partial charge >= 0.3 is 0 Å². The standard InChI is InChI=1S/C13H19NS/c1-15-12-7-5-11(6-8-12)13(14)9-4-10-2-3-10/h5-8,10,13H,2-4,9,14H2,1H3. The normalized spacial score (nSPS) is 17.7. The van der Waals surface area contributed by atoms with Crippen LogP contribution in [0, 0.1) is 5.92 Å². The molecule has 2 N–H and O–H groups in total. The van der Waals surface area contributed by atoms with Crippen LogP contribution in [0.4, 0.5) is 0 Å². The van der Waals surface area contributed by atoms with E-state index in [0.29, 0.717) is 0 Å². The molecule has 1 nitrogen and oxygen atoms in total. The average molecular weight is 221 g/mol. The second-order valence-electron chi connectivity index (χ2n) is 4.40. The predicted molar refractivity (Wildman–Crippen MR) is 67.1 cm³/mol. The zero-order valence-corrected chi connectivity index (χ0v) is 10.1. The van der Waals surface area contributed by atoms with E-state index in [1.807, 2.05) is 0 Å². The van der Waals surface area contributed by atoms with Crippen molar-refractivity contribution in [2.45, 2.75) is 36.6 Å². The van der Waals surface area contributed by atoms with Crippen LogP contribution >= 0.6 is 11.8 Å². The van der Waals surface area contributed by atoms with E-state index in [0.717, 1.165) is 12.3 Å². The van der Waals surface area contributed by atoms with E-state index in [4.69, 9.17) is 5.73 Å². The fraction of sp³-hybridized carbons (Fsp3) is 0.538.